The molecule has 0 aliphatic heterocycles. The van der Waals surface area contributed by atoms with Crippen molar-refractivity contribution in [1.29, 1.82) is 5.41 Å². The van der Waals surface area contributed by atoms with Crippen LogP contribution >= 0.6 is 0 Å². The minimum Gasteiger partial charge on any atom is -0.338 e. The third kappa shape index (κ3) is 1.79. The highest BCUT2D eigenvalue weighted by Crippen LogP contribution is 2.09. The Labute approximate surface area is 104 Å². The van der Waals surface area contributed by atoms with E-state index >= 15 is 0 Å². The standard InChI is InChI=1S/C13H13N5/c1-9-16-11-12(14)15-8-18(13(11)17-9)7-10-5-3-2-4-6-10/h2-6,8,14H,7H2,1H3,(H,16,17). The van der Waals surface area contributed by atoms with E-state index in [4.69, 9.17) is 5.41 Å². The minimum atomic E-state index is 0.231. The molecule has 3 rings (SSSR count). The smallest absolute Gasteiger partial charge is 0.173 e. The third-order valence-electron chi connectivity index (χ3n) is 2.83. The molecule has 0 amide bonds. The van der Waals surface area contributed by atoms with Gasteiger partial charge in [-0.3, -0.25) is 5.41 Å². The van der Waals surface area contributed by atoms with Gasteiger partial charge in [-0.15, -0.1) is 0 Å². The highest BCUT2D eigenvalue weighted by atomic mass is 15.1. The Morgan fingerprint density at radius 3 is 2.83 bits per heavy atom. The van der Waals surface area contributed by atoms with E-state index in [-0.39, 0.29) is 5.49 Å². The first-order valence-electron chi connectivity index (χ1n) is 5.74. The predicted molar refractivity (Wildman–Crippen MR) is 68.0 cm³/mol. The summed E-state index contributed by atoms with van der Waals surface area (Å²) in [4.78, 5) is 11.6. The summed E-state index contributed by atoms with van der Waals surface area (Å²) in [6.07, 6.45) is 1.66. The highest BCUT2D eigenvalue weighted by molar-refractivity contribution is 5.69. The maximum Gasteiger partial charge on any atom is 0.173 e. The number of hydrogen-bond acceptors (Lipinski definition) is 3. The Hall–Kier alpha value is -2.43. The van der Waals surface area contributed by atoms with E-state index in [1.165, 1.54) is 5.56 Å². The van der Waals surface area contributed by atoms with Crippen LogP contribution in [0.5, 0.6) is 0 Å². The fraction of sp³-hybridized carbons (Fsp3) is 0.154. The van der Waals surface area contributed by atoms with Gasteiger partial charge in [0.2, 0.25) is 0 Å². The van der Waals surface area contributed by atoms with Crippen molar-refractivity contribution in [3.8, 4) is 0 Å². The summed E-state index contributed by atoms with van der Waals surface area (Å²) < 4.78 is 1.95. The number of aromatic nitrogens is 4. The maximum atomic E-state index is 7.76. The molecule has 2 heterocycles. The lowest BCUT2D eigenvalue weighted by Crippen LogP contribution is -2.13. The van der Waals surface area contributed by atoms with Gasteiger partial charge >= 0.3 is 0 Å². The molecule has 2 aromatic heterocycles. The summed E-state index contributed by atoms with van der Waals surface area (Å²) in [5.41, 5.74) is 2.88. The van der Waals surface area contributed by atoms with Crippen molar-refractivity contribution in [3.63, 3.8) is 0 Å². The molecule has 0 spiro atoms. The van der Waals surface area contributed by atoms with Gasteiger partial charge in [0.1, 0.15) is 11.3 Å². The number of imidazole rings is 1. The number of fused-ring (bicyclic) bond motifs is 1. The Morgan fingerprint density at radius 2 is 2.06 bits per heavy atom. The van der Waals surface area contributed by atoms with Gasteiger partial charge < -0.3 is 9.55 Å². The van der Waals surface area contributed by atoms with Crippen LogP contribution in [-0.2, 0) is 6.54 Å². The summed E-state index contributed by atoms with van der Waals surface area (Å²) in [5.74, 6) is 0.799. The molecule has 0 fully saturated rings. The lowest BCUT2D eigenvalue weighted by Gasteiger charge is -2.06. The Morgan fingerprint density at radius 1 is 1.28 bits per heavy atom. The van der Waals surface area contributed by atoms with Gasteiger partial charge in [-0.05, 0) is 12.5 Å². The first-order chi connectivity index (χ1) is 8.74. The number of H-pyrrole nitrogens is 1. The van der Waals surface area contributed by atoms with Gasteiger partial charge in [0.05, 0.1) is 12.9 Å². The number of aromatic amines is 1. The number of aryl methyl sites for hydroxylation is 1. The lowest BCUT2D eigenvalue weighted by atomic mass is 10.2. The molecule has 0 unspecified atom stereocenters. The van der Waals surface area contributed by atoms with E-state index in [0.717, 1.165) is 11.5 Å². The number of benzene rings is 1. The SMILES string of the molecule is Cc1nc2c([nH]1)c(=N)ncn2Cc1ccccc1. The van der Waals surface area contributed by atoms with Gasteiger partial charge in [-0.2, -0.15) is 0 Å². The van der Waals surface area contributed by atoms with E-state index in [0.29, 0.717) is 12.1 Å². The molecule has 0 saturated carbocycles. The van der Waals surface area contributed by atoms with E-state index in [9.17, 15) is 0 Å². The summed E-state index contributed by atoms with van der Waals surface area (Å²) in [5, 5.41) is 7.76. The van der Waals surface area contributed by atoms with Gasteiger partial charge in [-0.25, -0.2) is 9.97 Å². The van der Waals surface area contributed by atoms with Crippen LogP contribution < -0.4 is 5.49 Å². The van der Waals surface area contributed by atoms with Gasteiger partial charge in [0.15, 0.2) is 11.1 Å². The number of rotatable bonds is 2. The molecular weight excluding hydrogens is 226 g/mol. The zero-order valence-corrected chi connectivity index (χ0v) is 10.0. The molecule has 5 heteroatoms. The molecule has 0 atom stereocenters. The molecule has 1 aromatic carbocycles. The Kier molecular flexibility index (Phi) is 2.44. The molecular formula is C13H13N5. The second-order valence-electron chi connectivity index (χ2n) is 4.23. The number of nitrogens with zero attached hydrogens (tertiary/aromatic N) is 3. The quantitative estimate of drug-likeness (QED) is 0.713. The summed E-state index contributed by atoms with van der Waals surface area (Å²) in [7, 11) is 0. The van der Waals surface area contributed by atoms with E-state index in [1.807, 2.05) is 29.7 Å². The second-order valence-corrected chi connectivity index (χ2v) is 4.23. The van der Waals surface area contributed by atoms with Gasteiger partial charge in [0, 0.05) is 0 Å². The number of hydrogen-bond donors (Lipinski definition) is 2. The molecule has 18 heavy (non-hydrogen) atoms. The van der Waals surface area contributed by atoms with Crippen molar-refractivity contribution in [2.24, 2.45) is 0 Å². The normalized spacial score (nSPS) is 10.9. The zero-order valence-electron chi connectivity index (χ0n) is 10.0. The van der Waals surface area contributed by atoms with Crippen LogP contribution in [0.4, 0.5) is 0 Å². The van der Waals surface area contributed by atoms with Crippen LogP contribution in [0.15, 0.2) is 36.7 Å². The predicted octanol–water partition coefficient (Wildman–Crippen LogP) is 1.60. The van der Waals surface area contributed by atoms with Crippen molar-refractivity contribution >= 4 is 11.2 Å². The van der Waals surface area contributed by atoms with E-state index in [1.54, 1.807) is 6.33 Å². The maximum absolute atomic E-state index is 7.76. The Bertz CT molecular complexity index is 739. The molecule has 0 radical (unpaired) electrons. The minimum absolute atomic E-state index is 0.231. The molecule has 0 bridgehead atoms. The van der Waals surface area contributed by atoms with Crippen molar-refractivity contribution < 1.29 is 0 Å². The van der Waals surface area contributed by atoms with E-state index < -0.39 is 0 Å². The Balaban J connectivity index is 2.13. The summed E-state index contributed by atoms with van der Waals surface area (Å²) in [6.45, 7) is 2.58. The molecule has 2 N–H and O–H groups in total. The fourth-order valence-electron chi connectivity index (χ4n) is 1.99. The van der Waals surface area contributed by atoms with Gasteiger partial charge in [-0.1, -0.05) is 30.3 Å². The second kappa shape index (κ2) is 4.10. The van der Waals surface area contributed by atoms with Crippen LogP contribution in [0.2, 0.25) is 0 Å². The van der Waals surface area contributed by atoms with Crippen LogP contribution in [0.3, 0.4) is 0 Å². The zero-order chi connectivity index (χ0) is 12.5. The van der Waals surface area contributed by atoms with Crippen LogP contribution in [0.25, 0.3) is 11.2 Å². The van der Waals surface area contributed by atoms with Crippen LogP contribution in [0, 0.1) is 12.3 Å². The van der Waals surface area contributed by atoms with Crippen molar-refractivity contribution in [1.82, 2.24) is 19.5 Å². The third-order valence-corrected chi connectivity index (χ3v) is 2.83. The average Bonchev–Trinajstić information content (AvgIpc) is 2.77. The molecule has 90 valence electrons. The molecule has 3 aromatic rings. The number of nitrogens with one attached hydrogen (secondary N) is 2. The summed E-state index contributed by atoms with van der Waals surface area (Å²) >= 11 is 0. The monoisotopic (exact) mass is 239 g/mol. The molecule has 5 nitrogen and oxygen atoms in total. The summed E-state index contributed by atoms with van der Waals surface area (Å²) in [6, 6.07) is 10.1. The highest BCUT2D eigenvalue weighted by Gasteiger charge is 2.06. The lowest BCUT2D eigenvalue weighted by molar-refractivity contribution is 0.783. The topological polar surface area (TPSA) is 70.3 Å². The van der Waals surface area contributed by atoms with Gasteiger partial charge in [0.25, 0.3) is 0 Å². The first-order valence-corrected chi connectivity index (χ1v) is 5.74. The van der Waals surface area contributed by atoms with Crippen LogP contribution in [0.1, 0.15) is 11.4 Å². The van der Waals surface area contributed by atoms with Crippen molar-refractivity contribution in [2.45, 2.75) is 13.5 Å². The van der Waals surface area contributed by atoms with Crippen LogP contribution in [-0.4, -0.2) is 19.5 Å². The van der Waals surface area contributed by atoms with E-state index in [2.05, 4.69) is 27.1 Å². The fourth-order valence-corrected chi connectivity index (χ4v) is 1.99. The van der Waals surface area contributed by atoms with Crippen molar-refractivity contribution in [2.75, 3.05) is 0 Å². The first kappa shape index (κ1) is 10.7. The molecule has 0 aliphatic carbocycles. The molecule has 0 aliphatic rings. The van der Waals surface area contributed by atoms with Crippen molar-refractivity contribution in [3.05, 3.63) is 53.5 Å². The average molecular weight is 239 g/mol. The largest absolute Gasteiger partial charge is 0.338 e. The molecule has 0 saturated heterocycles.